The third-order valence-electron chi connectivity index (χ3n) is 7.25. The minimum atomic E-state index is -1.24. The average Bonchev–Trinajstić information content (AvgIpc) is 3.26. The van der Waals surface area contributed by atoms with E-state index in [-0.39, 0.29) is 30.2 Å². The molecule has 2 aromatic carbocycles. The number of amides is 2. The van der Waals surface area contributed by atoms with Gasteiger partial charge in [-0.1, -0.05) is 30.3 Å². The normalized spacial score (nSPS) is 25.4. The first-order valence-corrected chi connectivity index (χ1v) is 11.4. The summed E-state index contributed by atoms with van der Waals surface area (Å²) in [6.07, 6.45) is 2.85. The van der Waals surface area contributed by atoms with Gasteiger partial charge in [-0.2, -0.15) is 0 Å². The number of rotatable bonds is 5. The molecule has 0 spiro atoms. The molecule has 0 aliphatic carbocycles. The van der Waals surface area contributed by atoms with E-state index in [0.717, 1.165) is 18.2 Å². The molecule has 3 atom stereocenters. The molecular formula is C26H30F3N3O2. The summed E-state index contributed by atoms with van der Waals surface area (Å²) in [7, 11) is 3.56. The summed E-state index contributed by atoms with van der Waals surface area (Å²) in [5.74, 6) is -1.19. The Balaban J connectivity index is 1.72. The highest BCUT2D eigenvalue weighted by Crippen LogP contribution is 2.41. The number of urea groups is 1. The Morgan fingerprint density at radius 1 is 1.21 bits per heavy atom. The van der Waals surface area contributed by atoms with Gasteiger partial charge in [0.15, 0.2) is 0 Å². The van der Waals surface area contributed by atoms with Gasteiger partial charge in [-0.15, -0.1) is 0 Å². The van der Waals surface area contributed by atoms with Gasteiger partial charge in [0.05, 0.1) is 6.61 Å². The summed E-state index contributed by atoms with van der Waals surface area (Å²) in [6.45, 7) is -0.262. The van der Waals surface area contributed by atoms with Crippen LogP contribution < -0.4 is 0 Å². The van der Waals surface area contributed by atoms with Crippen molar-refractivity contribution in [2.24, 2.45) is 0 Å². The van der Waals surface area contributed by atoms with Gasteiger partial charge in [-0.3, -0.25) is 0 Å². The van der Waals surface area contributed by atoms with Gasteiger partial charge in [0.2, 0.25) is 0 Å². The van der Waals surface area contributed by atoms with E-state index in [2.05, 4.69) is 0 Å². The maximum atomic E-state index is 14.7. The van der Waals surface area contributed by atoms with E-state index in [9.17, 15) is 23.1 Å². The van der Waals surface area contributed by atoms with Gasteiger partial charge in [0, 0.05) is 37.8 Å². The predicted molar refractivity (Wildman–Crippen MR) is 125 cm³/mol. The number of alkyl halides is 1. The summed E-state index contributed by atoms with van der Waals surface area (Å²) in [5, 5.41) is 10.6. The van der Waals surface area contributed by atoms with Crippen molar-refractivity contribution < 1.29 is 23.1 Å². The maximum Gasteiger partial charge on any atom is 0.321 e. The molecule has 4 rings (SSSR count). The first-order chi connectivity index (χ1) is 16.3. The SMILES string of the molecule is CN1CC[C@@H](N(C)C(=O)N2CC(c3cc(F)ccc3F)=C[C@@]2(CO)c2ccccc2)C[C@@H]1CF. The second kappa shape index (κ2) is 9.80. The summed E-state index contributed by atoms with van der Waals surface area (Å²) in [4.78, 5) is 18.9. The van der Waals surface area contributed by atoms with Crippen molar-refractivity contribution in [3.8, 4) is 0 Å². The van der Waals surface area contributed by atoms with Gasteiger partial charge < -0.3 is 19.8 Å². The van der Waals surface area contributed by atoms with Gasteiger partial charge in [-0.05, 0) is 55.3 Å². The quantitative estimate of drug-likeness (QED) is 0.713. The number of halogens is 3. The number of nitrogens with zero attached hydrogens (tertiary/aromatic N) is 3. The molecule has 34 heavy (non-hydrogen) atoms. The minimum Gasteiger partial charge on any atom is -0.393 e. The molecule has 8 heteroatoms. The smallest absolute Gasteiger partial charge is 0.321 e. The molecule has 1 fully saturated rings. The van der Waals surface area contributed by atoms with Crippen LogP contribution >= 0.6 is 0 Å². The van der Waals surface area contributed by atoms with Crippen LogP contribution in [-0.2, 0) is 5.54 Å². The van der Waals surface area contributed by atoms with Crippen LogP contribution in [0.2, 0.25) is 0 Å². The average molecular weight is 474 g/mol. The van der Waals surface area contributed by atoms with E-state index < -0.39 is 30.5 Å². The van der Waals surface area contributed by atoms with Crippen molar-refractivity contribution in [3.63, 3.8) is 0 Å². The van der Waals surface area contributed by atoms with Gasteiger partial charge in [0.1, 0.15) is 23.8 Å². The molecule has 0 aromatic heterocycles. The predicted octanol–water partition coefficient (Wildman–Crippen LogP) is 4.04. The summed E-state index contributed by atoms with van der Waals surface area (Å²) in [5.41, 5.74) is -0.104. The second-order valence-corrected chi connectivity index (χ2v) is 9.19. The first-order valence-electron chi connectivity index (χ1n) is 11.4. The summed E-state index contributed by atoms with van der Waals surface area (Å²) in [6, 6.07) is 11.4. The number of carbonyl (C=O) groups excluding carboxylic acids is 1. The number of carbonyl (C=O) groups is 1. The van der Waals surface area contributed by atoms with Crippen molar-refractivity contribution in [3.05, 3.63) is 77.4 Å². The van der Waals surface area contributed by atoms with Crippen molar-refractivity contribution in [1.82, 2.24) is 14.7 Å². The Morgan fingerprint density at radius 2 is 1.94 bits per heavy atom. The summed E-state index contributed by atoms with van der Waals surface area (Å²) < 4.78 is 42.1. The highest BCUT2D eigenvalue weighted by molar-refractivity contribution is 5.83. The van der Waals surface area contributed by atoms with Crippen molar-refractivity contribution in [2.75, 3.05) is 40.5 Å². The number of likely N-dealkylation sites (tertiary alicyclic amines) is 1. The lowest BCUT2D eigenvalue weighted by Gasteiger charge is -2.44. The van der Waals surface area contributed by atoms with Crippen LogP contribution in [0.1, 0.15) is 24.0 Å². The van der Waals surface area contributed by atoms with E-state index in [1.807, 2.05) is 18.0 Å². The molecule has 182 valence electrons. The molecule has 0 radical (unpaired) electrons. The van der Waals surface area contributed by atoms with Crippen molar-refractivity contribution in [2.45, 2.75) is 30.5 Å². The van der Waals surface area contributed by atoms with Crippen LogP contribution in [0.3, 0.4) is 0 Å². The molecule has 1 saturated heterocycles. The van der Waals surface area contributed by atoms with Crippen LogP contribution in [-0.4, -0.2) is 78.4 Å². The van der Waals surface area contributed by atoms with Crippen LogP contribution in [0.5, 0.6) is 0 Å². The maximum absolute atomic E-state index is 14.7. The Hall–Kier alpha value is -2.84. The first kappa shape index (κ1) is 24.3. The second-order valence-electron chi connectivity index (χ2n) is 9.19. The molecule has 2 aliphatic heterocycles. The Morgan fingerprint density at radius 3 is 2.62 bits per heavy atom. The highest BCUT2D eigenvalue weighted by atomic mass is 19.1. The fourth-order valence-corrected chi connectivity index (χ4v) is 5.08. The fraction of sp³-hybridized carbons (Fsp3) is 0.423. The van der Waals surface area contributed by atoms with Crippen molar-refractivity contribution >= 4 is 11.6 Å². The Kier molecular flexibility index (Phi) is 7.00. The lowest BCUT2D eigenvalue weighted by molar-refractivity contribution is 0.0562. The number of hydrogen-bond acceptors (Lipinski definition) is 3. The third kappa shape index (κ3) is 4.32. The van der Waals surface area contributed by atoms with Crippen LogP contribution in [0.15, 0.2) is 54.6 Å². The van der Waals surface area contributed by atoms with Crippen LogP contribution in [0.25, 0.3) is 5.57 Å². The van der Waals surface area contributed by atoms with E-state index in [0.29, 0.717) is 30.5 Å². The van der Waals surface area contributed by atoms with Crippen molar-refractivity contribution in [1.29, 1.82) is 0 Å². The van der Waals surface area contributed by atoms with E-state index >= 15 is 0 Å². The third-order valence-corrected chi connectivity index (χ3v) is 7.25. The molecule has 0 saturated carbocycles. The molecule has 1 N–H and O–H groups in total. The molecule has 2 heterocycles. The zero-order valence-electron chi connectivity index (χ0n) is 19.4. The topological polar surface area (TPSA) is 47.0 Å². The molecular weight excluding hydrogens is 443 g/mol. The summed E-state index contributed by atoms with van der Waals surface area (Å²) >= 11 is 0. The Labute approximate surface area is 198 Å². The van der Waals surface area contributed by atoms with E-state index in [4.69, 9.17) is 0 Å². The largest absolute Gasteiger partial charge is 0.393 e. The molecule has 5 nitrogen and oxygen atoms in total. The number of benzene rings is 2. The lowest BCUT2D eigenvalue weighted by atomic mass is 9.89. The molecule has 0 bridgehead atoms. The number of aliphatic hydroxyl groups is 1. The number of aliphatic hydroxyl groups excluding tert-OH is 1. The van der Waals surface area contributed by atoms with Gasteiger partial charge >= 0.3 is 6.03 Å². The lowest BCUT2D eigenvalue weighted by Crippen LogP contribution is -2.56. The minimum absolute atomic E-state index is 0.00182. The highest BCUT2D eigenvalue weighted by Gasteiger charge is 2.46. The fourth-order valence-electron chi connectivity index (χ4n) is 5.08. The standard InChI is InChI=1S/C26H30F3N3O2/c1-30-11-10-21(13-22(30)15-27)31(2)25(34)32-16-18(23-12-20(28)8-9-24(23)29)14-26(32,17-33)19-6-4-3-5-7-19/h3-9,12,14,21-22,33H,10-11,13,15-17H2,1-2H3/t21-,22-,26-/m1/s1. The monoisotopic (exact) mass is 473 g/mol. The van der Waals surface area contributed by atoms with Gasteiger partial charge in [-0.25, -0.2) is 18.0 Å². The number of hydrogen-bond donors (Lipinski definition) is 1. The van der Waals surface area contributed by atoms with E-state index in [1.54, 1.807) is 42.3 Å². The molecule has 2 amide bonds. The molecule has 2 aromatic rings. The zero-order chi connectivity index (χ0) is 24.5. The van der Waals surface area contributed by atoms with E-state index in [1.165, 1.54) is 4.90 Å². The zero-order valence-corrected chi connectivity index (χ0v) is 19.4. The van der Waals surface area contributed by atoms with Gasteiger partial charge in [0.25, 0.3) is 0 Å². The van der Waals surface area contributed by atoms with Crippen LogP contribution in [0.4, 0.5) is 18.0 Å². The molecule has 0 unspecified atom stereocenters. The van der Waals surface area contributed by atoms with Crippen LogP contribution in [0, 0.1) is 11.6 Å². The Bertz CT molecular complexity index is 1060. The number of piperidine rings is 1. The molecule has 2 aliphatic rings.